The zero-order chi connectivity index (χ0) is 12.3. The molecule has 4 heteroatoms. The fraction of sp³-hybridized carbons (Fsp3) is 0.462. The van der Waals surface area contributed by atoms with Crippen LogP contribution in [0.4, 0.5) is 0 Å². The maximum Gasteiger partial charge on any atom is 0.177 e. The fourth-order valence-corrected chi connectivity index (χ4v) is 1.95. The molecular weight excluding hydrogens is 220 g/mol. The molecule has 1 heterocycles. The third-order valence-electron chi connectivity index (χ3n) is 2.91. The number of hydrogen-bond acceptors (Lipinski definition) is 4. The number of furan rings is 1. The van der Waals surface area contributed by atoms with Crippen molar-refractivity contribution in [2.24, 2.45) is 0 Å². The molecule has 90 valence electrons. The largest absolute Gasteiger partial charge is 0.542 e. The average molecular weight is 233 g/mol. The monoisotopic (exact) mass is 233 g/mol. The van der Waals surface area contributed by atoms with E-state index in [2.05, 4.69) is 11.8 Å². The molecule has 0 saturated heterocycles. The van der Waals surface area contributed by atoms with Gasteiger partial charge in [-0.15, -0.1) is 0 Å². The van der Waals surface area contributed by atoms with Crippen LogP contribution in [0.15, 0.2) is 16.5 Å². The van der Waals surface area contributed by atoms with Gasteiger partial charge in [0.15, 0.2) is 11.5 Å². The summed E-state index contributed by atoms with van der Waals surface area (Å²) >= 11 is 0. The van der Waals surface area contributed by atoms with Crippen LogP contribution in [0, 0.1) is 11.8 Å². The van der Waals surface area contributed by atoms with Gasteiger partial charge in [0, 0.05) is 0 Å². The zero-order valence-electron chi connectivity index (χ0n) is 9.36. The van der Waals surface area contributed by atoms with Crippen molar-refractivity contribution < 1.29 is 19.4 Å². The predicted octanol–water partition coefficient (Wildman–Crippen LogP) is 0.690. The summed E-state index contributed by atoms with van der Waals surface area (Å²) in [4.78, 5) is 10.5. The van der Waals surface area contributed by atoms with Crippen molar-refractivity contribution in [1.82, 2.24) is 0 Å². The molecule has 2 rings (SSSR count). The van der Waals surface area contributed by atoms with Gasteiger partial charge in [-0.3, -0.25) is 0 Å². The lowest BCUT2D eigenvalue weighted by Crippen LogP contribution is -2.29. The van der Waals surface area contributed by atoms with E-state index in [1.807, 2.05) is 0 Å². The highest BCUT2D eigenvalue weighted by molar-refractivity contribution is 5.82. The molecule has 0 atom stereocenters. The minimum absolute atomic E-state index is 0.239. The van der Waals surface area contributed by atoms with Crippen molar-refractivity contribution in [1.29, 1.82) is 0 Å². The van der Waals surface area contributed by atoms with Crippen LogP contribution < -0.4 is 5.11 Å². The molecule has 1 aromatic heterocycles. The van der Waals surface area contributed by atoms with E-state index < -0.39 is 11.6 Å². The number of carboxylic acid groups (broad SMARTS) is 1. The first-order valence-electron chi connectivity index (χ1n) is 5.66. The number of carbonyl (C=O) groups is 1. The molecule has 1 aliphatic rings. The SMILES string of the molecule is O=C([O-])c1ccc(C#CC2(O)CCCCC2)o1. The topological polar surface area (TPSA) is 73.5 Å². The Kier molecular flexibility index (Phi) is 3.21. The normalized spacial score (nSPS) is 18.2. The summed E-state index contributed by atoms with van der Waals surface area (Å²) in [6.45, 7) is 0. The molecule has 0 radical (unpaired) electrons. The summed E-state index contributed by atoms with van der Waals surface area (Å²) in [6.07, 6.45) is 4.38. The lowest BCUT2D eigenvalue weighted by molar-refractivity contribution is -0.257. The summed E-state index contributed by atoms with van der Waals surface area (Å²) in [5.74, 6) is 4.06. The van der Waals surface area contributed by atoms with E-state index in [9.17, 15) is 15.0 Å². The highest BCUT2D eigenvalue weighted by atomic mass is 16.4. The van der Waals surface area contributed by atoms with Crippen molar-refractivity contribution in [3.8, 4) is 11.8 Å². The Bertz CT molecular complexity index is 469. The van der Waals surface area contributed by atoms with E-state index in [0.29, 0.717) is 12.8 Å². The second kappa shape index (κ2) is 4.64. The minimum atomic E-state index is -1.37. The van der Waals surface area contributed by atoms with Crippen LogP contribution in [0.1, 0.15) is 48.4 Å². The van der Waals surface area contributed by atoms with Crippen LogP contribution in [-0.4, -0.2) is 16.7 Å². The smallest absolute Gasteiger partial charge is 0.177 e. The lowest BCUT2D eigenvalue weighted by atomic mass is 9.85. The number of aromatic carboxylic acids is 1. The van der Waals surface area contributed by atoms with E-state index in [1.54, 1.807) is 0 Å². The Hall–Kier alpha value is -1.73. The molecule has 1 N–H and O–H groups in total. The van der Waals surface area contributed by atoms with E-state index in [4.69, 9.17) is 4.42 Å². The molecule has 0 spiro atoms. The molecule has 0 unspecified atom stereocenters. The maximum atomic E-state index is 10.5. The van der Waals surface area contributed by atoms with E-state index in [-0.39, 0.29) is 11.5 Å². The quantitative estimate of drug-likeness (QED) is 0.724. The Morgan fingerprint density at radius 2 is 2.06 bits per heavy atom. The van der Waals surface area contributed by atoms with Crippen LogP contribution in [-0.2, 0) is 0 Å². The Balaban J connectivity index is 2.11. The van der Waals surface area contributed by atoms with Gasteiger partial charge in [-0.25, -0.2) is 0 Å². The van der Waals surface area contributed by atoms with Crippen LogP contribution in [0.25, 0.3) is 0 Å². The van der Waals surface area contributed by atoms with E-state index >= 15 is 0 Å². The zero-order valence-corrected chi connectivity index (χ0v) is 9.36. The molecule has 0 amide bonds. The average Bonchev–Trinajstić information content (AvgIpc) is 2.76. The van der Waals surface area contributed by atoms with Gasteiger partial charge in [0.05, 0.1) is 0 Å². The molecule has 17 heavy (non-hydrogen) atoms. The summed E-state index contributed by atoms with van der Waals surface area (Å²) in [6, 6.07) is 2.76. The minimum Gasteiger partial charge on any atom is -0.542 e. The first-order chi connectivity index (χ1) is 8.09. The third-order valence-corrected chi connectivity index (χ3v) is 2.91. The van der Waals surface area contributed by atoms with Crippen molar-refractivity contribution in [3.63, 3.8) is 0 Å². The third kappa shape index (κ3) is 2.89. The van der Waals surface area contributed by atoms with Crippen LogP contribution >= 0.6 is 0 Å². The van der Waals surface area contributed by atoms with Gasteiger partial charge < -0.3 is 19.4 Å². The molecule has 0 bridgehead atoms. The number of carboxylic acids is 1. The number of aliphatic hydroxyl groups is 1. The van der Waals surface area contributed by atoms with Gasteiger partial charge in [0.25, 0.3) is 0 Å². The van der Waals surface area contributed by atoms with Gasteiger partial charge >= 0.3 is 0 Å². The molecule has 4 nitrogen and oxygen atoms in total. The molecule has 1 fully saturated rings. The summed E-state index contributed by atoms with van der Waals surface area (Å²) < 4.78 is 4.93. The van der Waals surface area contributed by atoms with Crippen molar-refractivity contribution in [2.45, 2.75) is 37.7 Å². The van der Waals surface area contributed by atoms with Gasteiger partial charge in [-0.2, -0.15) is 0 Å². The summed E-state index contributed by atoms with van der Waals surface area (Å²) in [5, 5.41) is 20.6. The summed E-state index contributed by atoms with van der Waals surface area (Å²) in [7, 11) is 0. The second-order valence-electron chi connectivity index (χ2n) is 4.29. The molecule has 1 saturated carbocycles. The maximum absolute atomic E-state index is 10.5. The highest BCUT2D eigenvalue weighted by Crippen LogP contribution is 2.27. The summed E-state index contributed by atoms with van der Waals surface area (Å²) in [5.41, 5.74) is -0.952. The number of hydrogen-bond donors (Lipinski definition) is 1. The predicted molar refractivity (Wildman–Crippen MR) is 58.0 cm³/mol. The lowest BCUT2D eigenvalue weighted by Gasteiger charge is -2.26. The van der Waals surface area contributed by atoms with Crippen LogP contribution in [0.5, 0.6) is 0 Å². The molecule has 0 aromatic carbocycles. The first-order valence-corrected chi connectivity index (χ1v) is 5.66. The van der Waals surface area contributed by atoms with E-state index in [0.717, 1.165) is 19.3 Å². The van der Waals surface area contributed by atoms with Crippen molar-refractivity contribution in [2.75, 3.05) is 0 Å². The van der Waals surface area contributed by atoms with Gasteiger partial charge in [-0.05, 0) is 43.7 Å². The molecule has 1 aliphatic carbocycles. The molecule has 0 aliphatic heterocycles. The van der Waals surface area contributed by atoms with Gasteiger partial charge in [0.2, 0.25) is 0 Å². The molecule has 1 aromatic rings. The Morgan fingerprint density at radius 1 is 1.35 bits per heavy atom. The van der Waals surface area contributed by atoms with Gasteiger partial charge in [-0.1, -0.05) is 12.3 Å². The number of carbonyl (C=O) groups excluding carboxylic acids is 1. The van der Waals surface area contributed by atoms with Crippen LogP contribution in [0.3, 0.4) is 0 Å². The Morgan fingerprint density at radius 3 is 2.65 bits per heavy atom. The van der Waals surface area contributed by atoms with Gasteiger partial charge in [0.1, 0.15) is 11.6 Å². The fourth-order valence-electron chi connectivity index (χ4n) is 1.95. The first kappa shape index (κ1) is 11.7. The highest BCUT2D eigenvalue weighted by Gasteiger charge is 2.26. The van der Waals surface area contributed by atoms with Crippen LogP contribution in [0.2, 0.25) is 0 Å². The second-order valence-corrected chi connectivity index (χ2v) is 4.29. The molecular formula is C13H13O4-. The van der Waals surface area contributed by atoms with Crippen molar-refractivity contribution in [3.05, 3.63) is 23.7 Å². The Labute approximate surface area is 99.3 Å². The number of rotatable bonds is 1. The standard InChI is InChI=1S/C13H14O4/c14-12(15)11-5-4-10(17-11)6-9-13(16)7-2-1-3-8-13/h4-5,16H,1-3,7-8H2,(H,14,15)/p-1. The van der Waals surface area contributed by atoms with E-state index in [1.165, 1.54) is 12.1 Å². The van der Waals surface area contributed by atoms with Crippen molar-refractivity contribution >= 4 is 5.97 Å².